The lowest BCUT2D eigenvalue weighted by Gasteiger charge is -1.99. The molecule has 4 nitrogen and oxygen atoms in total. The van der Waals surface area contributed by atoms with Gasteiger partial charge in [-0.2, -0.15) is 0 Å². The minimum Gasteiger partial charge on any atom is -0.481 e. The molecule has 0 unspecified atom stereocenters. The van der Waals surface area contributed by atoms with Crippen LogP contribution in [0.15, 0.2) is 29.4 Å². The fraction of sp³-hybridized carbons (Fsp3) is 0.286. The third kappa shape index (κ3) is 2.42. The van der Waals surface area contributed by atoms with E-state index < -0.39 is 0 Å². The second-order valence-electron chi connectivity index (χ2n) is 4.20. The molecule has 0 aliphatic heterocycles. The van der Waals surface area contributed by atoms with Crippen molar-refractivity contribution < 1.29 is 4.74 Å². The molecule has 0 amide bonds. The van der Waals surface area contributed by atoms with Crippen LogP contribution in [-0.4, -0.2) is 22.9 Å². The van der Waals surface area contributed by atoms with E-state index in [4.69, 9.17) is 4.74 Å². The molecule has 0 saturated carbocycles. The van der Waals surface area contributed by atoms with Gasteiger partial charge in [0.1, 0.15) is 0 Å². The first-order valence-corrected chi connectivity index (χ1v) is 5.79. The Morgan fingerprint density at radius 2 is 2.11 bits per heavy atom. The maximum Gasteiger partial charge on any atom is 0.213 e. The van der Waals surface area contributed by atoms with Crippen LogP contribution in [0.25, 0.3) is 0 Å². The van der Waals surface area contributed by atoms with E-state index in [1.54, 1.807) is 19.4 Å². The number of ether oxygens (including phenoxy) is 1. The van der Waals surface area contributed by atoms with Crippen molar-refractivity contribution >= 4 is 11.9 Å². The normalized spacial score (nSPS) is 11.1. The fourth-order valence-electron chi connectivity index (χ4n) is 1.73. The van der Waals surface area contributed by atoms with Crippen molar-refractivity contribution in [2.45, 2.75) is 13.8 Å². The average molecular weight is 243 g/mol. The standard InChI is InChI=1S/C14H17N3O/c1-10-7-12(11(2)17(10)3)8-15-13-5-6-14(18-4)16-9-13/h5-9H,1-4H3. The average Bonchev–Trinajstić information content (AvgIpc) is 2.64. The highest BCUT2D eigenvalue weighted by molar-refractivity contribution is 5.83. The predicted octanol–water partition coefficient (Wildman–Crippen LogP) is 2.80. The van der Waals surface area contributed by atoms with Gasteiger partial charge in [-0.15, -0.1) is 0 Å². The van der Waals surface area contributed by atoms with Crippen molar-refractivity contribution in [3.63, 3.8) is 0 Å². The van der Waals surface area contributed by atoms with Crippen LogP contribution in [0.2, 0.25) is 0 Å². The number of rotatable bonds is 3. The summed E-state index contributed by atoms with van der Waals surface area (Å²) in [6, 6.07) is 5.80. The summed E-state index contributed by atoms with van der Waals surface area (Å²) >= 11 is 0. The molecule has 0 radical (unpaired) electrons. The molecule has 0 saturated heterocycles. The molecule has 0 atom stereocenters. The molecule has 2 rings (SSSR count). The van der Waals surface area contributed by atoms with E-state index in [2.05, 4.69) is 41.5 Å². The van der Waals surface area contributed by atoms with Gasteiger partial charge in [0.25, 0.3) is 0 Å². The minimum atomic E-state index is 0.598. The van der Waals surface area contributed by atoms with Gasteiger partial charge in [-0.25, -0.2) is 4.98 Å². The van der Waals surface area contributed by atoms with Gasteiger partial charge in [0.15, 0.2) is 0 Å². The topological polar surface area (TPSA) is 39.4 Å². The summed E-state index contributed by atoms with van der Waals surface area (Å²) in [7, 11) is 3.65. The van der Waals surface area contributed by atoms with Gasteiger partial charge >= 0.3 is 0 Å². The molecule has 0 fully saturated rings. The SMILES string of the molecule is COc1ccc(N=Cc2cc(C)n(C)c2C)cn1. The molecule has 0 spiro atoms. The van der Waals surface area contributed by atoms with E-state index in [1.165, 1.54) is 11.4 Å². The molecule has 0 aliphatic rings. The van der Waals surface area contributed by atoms with E-state index >= 15 is 0 Å². The highest BCUT2D eigenvalue weighted by Gasteiger charge is 2.03. The quantitative estimate of drug-likeness (QED) is 0.778. The highest BCUT2D eigenvalue weighted by Crippen LogP contribution is 2.16. The molecule has 0 bridgehead atoms. The zero-order valence-electron chi connectivity index (χ0n) is 11.1. The first-order chi connectivity index (χ1) is 8.61. The zero-order valence-corrected chi connectivity index (χ0v) is 11.1. The monoisotopic (exact) mass is 243 g/mol. The van der Waals surface area contributed by atoms with Crippen molar-refractivity contribution in [1.29, 1.82) is 0 Å². The van der Waals surface area contributed by atoms with Crippen LogP contribution in [0.5, 0.6) is 5.88 Å². The van der Waals surface area contributed by atoms with E-state index in [9.17, 15) is 0 Å². The second kappa shape index (κ2) is 5.04. The molecule has 0 aromatic carbocycles. The van der Waals surface area contributed by atoms with Gasteiger partial charge in [-0.05, 0) is 26.0 Å². The summed E-state index contributed by atoms with van der Waals surface area (Å²) in [5.41, 5.74) is 4.38. The second-order valence-corrected chi connectivity index (χ2v) is 4.20. The van der Waals surface area contributed by atoms with Crippen LogP contribution < -0.4 is 4.74 Å². The first kappa shape index (κ1) is 12.4. The van der Waals surface area contributed by atoms with Crippen molar-refractivity contribution in [3.05, 3.63) is 41.3 Å². The Kier molecular flexibility index (Phi) is 3.46. The van der Waals surface area contributed by atoms with Crippen LogP contribution in [-0.2, 0) is 7.05 Å². The Balaban J connectivity index is 2.21. The molecular formula is C14H17N3O. The summed E-state index contributed by atoms with van der Waals surface area (Å²) in [4.78, 5) is 8.52. The van der Waals surface area contributed by atoms with E-state index in [-0.39, 0.29) is 0 Å². The van der Waals surface area contributed by atoms with Crippen molar-refractivity contribution in [2.75, 3.05) is 7.11 Å². The zero-order chi connectivity index (χ0) is 13.1. The minimum absolute atomic E-state index is 0.598. The number of pyridine rings is 1. The van der Waals surface area contributed by atoms with Crippen LogP contribution in [0, 0.1) is 13.8 Å². The van der Waals surface area contributed by atoms with Gasteiger partial charge in [0.2, 0.25) is 5.88 Å². The van der Waals surface area contributed by atoms with Gasteiger partial charge in [0, 0.05) is 36.3 Å². The number of nitrogens with zero attached hydrogens (tertiary/aromatic N) is 3. The van der Waals surface area contributed by atoms with Crippen LogP contribution in [0.4, 0.5) is 5.69 Å². The highest BCUT2D eigenvalue weighted by atomic mass is 16.5. The number of hydrogen-bond donors (Lipinski definition) is 0. The summed E-state index contributed by atoms with van der Waals surface area (Å²) < 4.78 is 7.15. The maximum absolute atomic E-state index is 5.00. The molecule has 2 heterocycles. The number of aliphatic imine (C=N–C) groups is 1. The molecule has 4 heteroatoms. The number of aryl methyl sites for hydroxylation is 1. The van der Waals surface area contributed by atoms with Gasteiger partial charge in [-0.3, -0.25) is 4.99 Å². The molecule has 18 heavy (non-hydrogen) atoms. The summed E-state index contributed by atoms with van der Waals surface area (Å²) in [5, 5.41) is 0. The summed E-state index contributed by atoms with van der Waals surface area (Å²) in [6.45, 7) is 4.17. The lowest BCUT2D eigenvalue weighted by Crippen LogP contribution is -1.93. The predicted molar refractivity (Wildman–Crippen MR) is 72.9 cm³/mol. The Morgan fingerprint density at radius 3 is 2.61 bits per heavy atom. The smallest absolute Gasteiger partial charge is 0.213 e. The molecule has 2 aromatic heterocycles. The third-order valence-electron chi connectivity index (χ3n) is 3.10. The Morgan fingerprint density at radius 1 is 1.33 bits per heavy atom. The summed E-state index contributed by atoms with van der Waals surface area (Å²) in [6.07, 6.45) is 3.56. The number of aromatic nitrogens is 2. The molecule has 0 aliphatic carbocycles. The van der Waals surface area contributed by atoms with Crippen molar-refractivity contribution in [2.24, 2.45) is 12.0 Å². The van der Waals surface area contributed by atoms with Crippen molar-refractivity contribution in [3.8, 4) is 5.88 Å². The maximum atomic E-state index is 5.00. The molecule has 0 N–H and O–H groups in total. The summed E-state index contributed by atoms with van der Waals surface area (Å²) in [5.74, 6) is 0.598. The van der Waals surface area contributed by atoms with E-state index in [0.29, 0.717) is 5.88 Å². The third-order valence-corrected chi connectivity index (χ3v) is 3.10. The van der Waals surface area contributed by atoms with Crippen LogP contribution in [0.3, 0.4) is 0 Å². The lowest BCUT2D eigenvalue weighted by molar-refractivity contribution is 0.398. The van der Waals surface area contributed by atoms with Crippen LogP contribution in [0.1, 0.15) is 17.0 Å². The molecule has 2 aromatic rings. The molecule has 94 valence electrons. The fourth-order valence-corrected chi connectivity index (χ4v) is 1.73. The van der Waals surface area contributed by atoms with Crippen molar-refractivity contribution in [1.82, 2.24) is 9.55 Å². The Bertz CT molecular complexity index is 567. The Labute approximate surface area is 107 Å². The van der Waals surface area contributed by atoms with Gasteiger partial charge < -0.3 is 9.30 Å². The number of methoxy groups -OCH3 is 1. The van der Waals surface area contributed by atoms with Gasteiger partial charge in [-0.1, -0.05) is 0 Å². The van der Waals surface area contributed by atoms with Crippen LogP contribution >= 0.6 is 0 Å². The Hall–Kier alpha value is -2.10. The largest absolute Gasteiger partial charge is 0.481 e. The first-order valence-electron chi connectivity index (χ1n) is 5.79. The lowest BCUT2D eigenvalue weighted by atomic mass is 10.2. The van der Waals surface area contributed by atoms with Gasteiger partial charge in [0.05, 0.1) is 19.0 Å². The van der Waals surface area contributed by atoms with E-state index in [1.807, 2.05) is 12.3 Å². The number of hydrogen-bond acceptors (Lipinski definition) is 3. The van der Waals surface area contributed by atoms with E-state index in [0.717, 1.165) is 11.3 Å². The molecular weight excluding hydrogens is 226 g/mol.